The first-order chi connectivity index (χ1) is 3.12. The van der Waals surface area contributed by atoms with Crippen molar-refractivity contribution in [1.29, 1.82) is 0 Å². The van der Waals surface area contributed by atoms with E-state index in [1.165, 1.54) is 0 Å². The van der Waals surface area contributed by atoms with Gasteiger partial charge in [0.05, 0.1) is 0 Å². The van der Waals surface area contributed by atoms with Crippen LogP contribution in [0.15, 0.2) is 0 Å². The monoisotopic (exact) mass is 658 g/mol. The first-order valence-corrected chi connectivity index (χ1v) is 9.59. The van der Waals surface area contributed by atoms with Crippen molar-refractivity contribution in [2.45, 2.75) is 0 Å². The topological polar surface area (TPSA) is 52.6 Å². The van der Waals surface area contributed by atoms with Gasteiger partial charge in [-0.1, -0.05) is 0 Å². The van der Waals surface area contributed by atoms with Gasteiger partial charge in [0.15, 0.2) is 0 Å². The van der Waals surface area contributed by atoms with E-state index in [1.807, 2.05) is 0 Å². The summed E-state index contributed by atoms with van der Waals surface area (Å²) in [5.74, 6) is 0. The molecule has 0 bridgehead atoms. The fourth-order valence-electron chi connectivity index (χ4n) is 0.0227. The van der Waals surface area contributed by atoms with Crippen molar-refractivity contribution in [1.82, 2.24) is 0 Å². The van der Waals surface area contributed by atoms with Gasteiger partial charge in [-0.2, -0.15) is 0 Å². The minimum absolute atomic E-state index is 0.0498. The van der Waals surface area contributed by atoms with Gasteiger partial charge in [0, 0.05) is 0 Å². The van der Waals surface area contributed by atoms with Crippen molar-refractivity contribution in [3.63, 3.8) is 0 Å². The summed E-state index contributed by atoms with van der Waals surface area (Å²) in [5, 5.41) is 0. The molecule has 0 aliphatic rings. The third-order valence-corrected chi connectivity index (χ3v) is 16.9. The zero-order valence-electron chi connectivity index (χ0n) is 3.20. The van der Waals surface area contributed by atoms with Crippen molar-refractivity contribution < 1.29 is 26.2 Å². The van der Waals surface area contributed by atoms with Crippen LogP contribution in [0.2, 0.25) is 0 Å². The normalized spacial score (nSPS) is 11.1. The Labute approximate surface area is 77.3 Å². The van der Waals surface area contributed by atoms with E-state index in [0.29, 0.717) is 0 Å². The van der Waals surface area contributed by atoms with Gasteiger partial charge in [0.25, 0.3) is 0 Å². The van der Waals surface area contributed by atoms with Gasteiger partial charge < -0.3 is 0 Å². The van der Waals surface area contributed by atoms with E-state index in [2.05, 4.69) is 2.68 Å². The summed E-state index contributed by atoms with van der Waals surface area (Å²) in [6, 6.07) is 0. The molecule has 0 rings (SSSR count). The molecule has 0 unspecified atom stereocenters. The second-order valence-corrected chi connectivity index (χ2v) is 17.2. The number of hydrogen-bond donors (Lipinski definition) is 0. The summed E-state index contributed by atoms with van der Waals surface area (Å²) in [6.45, 7) is 0. The average molecular weight is 657 g/mol. The molecule has 0 aromatic heterocycles. The molecular formula is O4Tl2W. The van der Waals surface area contributed by atoms with Crippen LogP contribution in [0.1, 0.15) is 0 Å². The van der Waals surface area contributed by atoms with Gasteiger partial charge in [0.1, 0.15) is 0 Å². The summed E-state index contributed by atoms with van der Waals surface area (Å²) in [6.07, 6.45) is 0. The Kier molecular flexibility index (Phi) is 5.13. The zero-order chi connectivity index (χ0) is 5.91. The van der Waals surface area contributed by atoms with Crippen LogP contribution in [0.4, 0.5) is 0 Å². The third kappa shape index (κ3) is 4.55. The Bertz CT molecular complexity index is 113. The van der Waals surface area contributed by atoms with Crippen molar-refractivity contribution in [2.24, 2.45) is 0 Å². The molecular weight excluding hydrogens is 657 g/mol. The molecule has 0 heterocycles. The van der Waals surface area contributed by atoms with Gasteiger partial charge >= 0.3 is 78.7 Å². The van der Waals surface area contributed by atoms with E-state index >= 15 is 0 Å². The number of hydrogen-bond acceptors (Lipinski definition) is 4. The molecule has 0 radical (unpaired) electrons. The quantitative estimate of drug-likeness (QED) is 0.353. The molecule has 4 nitrogen and oxygen atoms in total. The second kappa shape index (κ2) is 3.96. The Hall–Kier alpha value is 2.05. The summed E-state index contributed by atoms with van der Waals surface area (Å²) in [7, 11) is 0. The predicted octanol–water partition coefficient (Wildman–Crippen LogP) is -1.14. The fraction of sp³-hybridized carbons (Fsp3) is 0. The molecule has 0 aromatic rings. The minimum atomic E-state index is -4.62. The first-order valence-electron chi connectivity index (χ1n) is 1.14. The van der Waals surface area contributed by atoms with Crippen molar-refractivity contribution in [2.75, 3.05) is 0 Å². The molecule has 0 saturated carbocycles. The molecule has 0 spiro atoms. The summed E-state index contributed by atoms with van der Waals surface area (Å²) < 4.78 is 28.6. The third-order valence-electron chi connectivity index (χ3n) is 0.236. The van der Waals surface area contributed by atoms with Gasteiger partial charge in [-0.05, 0) is 0 Å². The van der Waals surface area contributed by atoms with Gasteiger partial charge in [-0.25, -0.2) is 0 Å². The van der Waals surface area contributed by atoms with Crippen LogP contribution < -0.4 is 0 Å². The predicted molar refractivity (Wildman–Crippen MR) is 15.1 cm³/mol. The number of rotatable bonds is 2. The van der Waals surface area contributed by atoms with Crippen LogP contribution in [0, 0.1) is 0 Å². The molecule has 36 valence electrons. The van der Waals surface area contributed by atoms with E-state index in [0.717, 1.165) is 0 Å². The Morgan fingerprint density at radius 1 is 1.14 bits per heavy atom. The summed E-state index contributed by atoms with van der Waals surface area (Å²) in [4.78, 5) is 0. The molecule has 0 fully saturated rings. The van der Waals surface area contributed by atoms with Crippen LogP contribution in [0.3, 0.4) is 0 Å². The Balaban J connectivity index is 3.89. The van der Waals surface area contributed by atoms with Crippen LogP contribution in [0.5, 0.6) is 0 Å². The van der Waals surface area contributed by atoms with Gasteiger partial charge in [-0.15, -0.1) is 0 Å². The first kappa shape index (κ1) is 9.05. The zero-order valence-corrected chi connectivity index (χ0v) is 15.1. The SMILES string of the molecule is [O]=[W](=[O])([O][Tl])[O][Tl]. The maximum absolute atomic E-state index is 10.1. The average Bonchev–Trinajstić information content (AvgIpc) is 1.68. The van der Waals surface area contributed by atoms with Crippen LogP contribution >= 0.6 is 0 Å². The van der Waals surface area contributed by atoms with E-state index in [4.69, 9.17) is 0 Å². The Morgan fingerprint density at radius 3 is 1.43 bits per heavy atom. The maximum atomic E-state index is 10.1. The molecule has 0 aliphatic carbocycles. The van der Waals surface area contributed by atoms with Crippen molar-refractivity contribution in [3.05, 3.63) is 0 Å². The molecule has 0 N–H and O–H groups in total. The van der Waals surface area contributed by atoms with Crippen molar-refractivity contribution in [3.8, 4) is 0 Å². The van der Waals surface area contributed by atoms with E-state index in [-0.39, 0.29) is 52.4 Å². The van der Waals surface area contributed by atoms with Crippen LogP contribution in [-0.2, 0) is 26.2 Å². The van der Waals surface area contributed by atoms with E-state index in [1.54, 1.807) is 0 Å². The molecule has 0 amide bonds. The fourth-order valence-corrected chi connectivity index (χ4v) is 14.3. The molecule has 0 aliphatic heterocycles. The van der Waals surface area contributed by atoms with Crippen LogP contribution in [0.25, 0.3) is 0 Å². The molecule has 7 heavy (non-hydrogen) atoms. The van der Waals surface area contributed by atoms with E-state index < -0.39 is 16.7 Å². The Morgan fingerprint density at radius 2 is 1.43 bits per heavy atom. The van der Waals surface area contributed by atoms with Gasteiger partial charge in [0.2, 0.25) is 0 Å². The van der Waals surface area contributed by atoms with Gasteiger partial charge in [-0.3, -0.25) is 0 Å². The van der Waals surface area contributed by atoms with Crippen molar-refractivity contribution >= 4 is 52.4 Å². The van der Waals surface area contributed by atoms with Crippen LogP contribution in [-0.4, -0.2) is 52.4 Å². The molecule has 0 aromatic carbocycles. The summed E-state index contributed by atoms with van der Waals surface area (Å²) >= 11 is -4.52. The second-order valence-electron chi connectivity index (χ2n) is 0.601. The standard InChI is InChI=1S/4O.2Tl.W. The molecule has 7 heteroatoms. The summed E-state index contributed by atoms with van der Waals surface area (Å²) in [5.41, 5.74) is 0. The molecule has 0 atom stereocenters. The molecule has 0 saturated heterocycles. The van der Waals surface area contributed by atoms with E-state index in [9.17, 15) is 6.80 Å².